The van der Waals surface area contributed by atoms with Crippen LogP contribution in [0.5, 0.6) is 0 Å². The van der Waals surface area contributed by atoms with Gasteiger partial charge in [-0.05, 0) is 12.6 Å². The zero-order chi connectivity index (χ0) is 6.62. The van der Waals surface area contributed by atoms with Crippen molar-refractivity contribution in [2.24, 2.45) is 0 Å². The number of rotatable bonds is 3. The quantitative estimate of drug-likeness (QED) is 0.586. The van der Waals surface area contributed by atoms with Crippen LogP contribution in [0.1, 0.15) is 13.3 Å². The highest BCUT2D eigenvalue weighted by Gasteiger charge is 2.22. The summed E-state index contributed by atoms with van der Waals surface area (Å²) in [6.07, 6.45) is 1.01. The average molecular weight is 134 g/mol. The summed E-state index contributed by atoms with van der Waals surface area (Å²) in [4.78, 5) is 9.24. The van der Waals surface area contributed by atoms with E-state index in [0.29, 0.717) is 0 Å². The van der Waals surface area contributed by atoms with Gasteiger partial charge in [-0.25, -0.2) is 0 Å². The second-order valence-electron chi connectivity index (χ2n) is 2.13. The van der Waals surface area contributed by atoms with E-state index in [2.05, 4.69) is 0 Å². The first-order chi connectivity index (χ1) is 3.62. The molecule has 8 heavy (non-hydrogen) atoms. The van der Waals surface area contributed by atoms with Crippen molar-refractivity contribution in [1.82, 2.24) is 0 Å². The maximum Gasteiger partial charge on any atom is 0.331 e. The molecule has 2 nitrogen and oxygen atoms in total. The van der Waals surface area contributed by atoms with Crippen LogP contribution in [-0.2, 0) is 4.43 Å². The fourth-order valence-corrected chi connectivity index (χ4v) is 1.70. The van der Waals surface area contributed by atoms with Gasteiger partial charge in [0.1, 0.15) is 0 Å². The smallest absolute Gasteiger partial charge is 0.331 e. The SMILES string of the molecule is CCC[Si](C)(O)OC. The summed E-state index contributed by atoms with van der Waals surface area (Å²) in [7, 11) is -0.606. The monoisotopic (exact) mass is 134 g/mol. The van der Waals surface area contributed by atoms with Crippen LogP contribution in [0, 0.1) is 0 Å². The molecule has 0 aromatic heterocycles. The van der Waals surface area contributed by atoms with E-state index in [-0.39, 0.29) is 0 Å². The summed E-state index contributed by atoms with van der Waals surface area (Å²) < 4.78 is 4.87. The standard InChI is InChI=1S/C5H14O2Si/c1-4-5-8(3,6)7-2/h6H,4-5H2,1-3H3. The lowest BCUT2D eigenvalue weighted by Gasteiger charge is -2.15. The Kier molecular flexibility index (Phi) is 3.27. The first-order valence-electron chi connectivity index (χ1n) is 2.90. The van der Waals surface area contributed by atoms with E-state index >= 15 is 0 Å². The summed E-state index contributed by atoms with van der Waals surface area (Å²) in [5.41, 5.74) is 0. The Morgan fingerprint density at radius 3 is 2.25 bits per heavy atom. The molecule has 0 aromatic carbocycles. The lowest BCUT2D eigenvalue weighted by atomic mass is 10.6. The van der Waals surface area contributed by atoms with Crippen molar-refractivity contribution in [3.8, 4) is 0 Å². The highest BCUT2D eigenvalue weighted by molar-refractivity contribution is 6.64. The lowest BCUT2D eigenvalue weighted by molar-refractivity contribution is 0.296. The maximum atomic E-state index is 9.24. The predicted molar refractivity (Wildman–Crippen MR) is 35.9 cm³/mol. The maximum absolute atomic E-state index is 9.24. The number of hydrogen-bond donors (Lipinski definition) is 1. The van der Waals surface area contributed by atoms with Crippen LogP contribution in [0.2, 0.25) is 12.6 Å². The molecule has 0 fully saturated rings. The van der Waals surface area contributed by atoms with Crippen molar-refractivity contribution in [3.63, 3.8) is 0 Å². The minimum atomic E-state index is -2.18. The van der Waals surface area contributed by atoms with Gasteiger partial charge in [0.25, 0.3) is 0 Å². The van der Waals surface area contributed by atoms with Crippen molar-refractivity contribution in [2.75, 3.05) is 7.11 Å². The molecule has 0 amide bonds. The first kappa shape index (κ1) is 8.14. The zero-order valence-electron chi connectivity index (χ0n) is 5.77. The largest absolute Gasteiger partial charge is 0.411 e. The Bertz CT molecular complexity index is 63.4. The van der Waals surface area contributed by atoms with E-state index in [1.165, 1.54) is 0 Å². The van der Waals surface area contributed by atoms with Gasteiger partial charge in [-0.1, -0.05) is 13.3 Å². The molecular weight excluding hydrogens is 120 g/mol. The fourth-order valence-electron chi connectivity index (χ4n) is 0.566. The summed E-state index contributed by atoms with van der Waals surface area (Å²) >= 11 is 0. The molecule has 1 atom stereocenters. The Balaban J connectivity index is 3.37. The molecule has 0 rings (SSSR count). The third-order valence-electron chi connectivity index (χ3n) is 1.15. The van der Waals surface area contributed by atoms with Crippen LogP contribution in [0.4, 0.5) is 0 Å². The van der Waals surface area contributed by atoms with E-state index in [4.69, 9.17) is 4.43 Å². The third kappa shape index (κ3) is 3.18. The highest BCUT2D eigenvalue weighted by Crippen LogP contribution is 2.07. The summed E-state index contributed by atoms with van der Waals surface area (Å²) in [6, 6.07) is 0.837. The van der Waals surface area contributed by atoms with Gasteiger partial charge in [0.15, 0.2) is 0 Å². The third-order valence-corrected chi connectivity index (χ3v) is 3.46. The van der Waals surface area contributed by atoms with E-state index < -0.39 is 8.56 Å². The van der Waals surface area contributed by atoms with Crippen LogP contribution in [0.25, 0.3) is 0 Å². The van der Waals surface area contributed by atoms with E-state index in [0.717, 1.165) is 12.5 Å². The fraction of sp³-hybridized carbons (Fsp3) is 1.00. The van der Waals surface area contributed by atoms with Crippen LogP contribution in [0.3, 0.4) is 0 Å². The molecule has 50 valence electrons. The van der Waals surface area contributed by atoms with Crippen molar-refractivity contribution >= 4 is 8.56 Å². The van der Waals surface area contributed by atoms with Gasteiger partial charge in [-0.3, -0.25) is 0 Å². The molecule has 3 heteroatoms. The van der Waals surface area contributed by atoms with Gasteiger partial charge in [0, 0.05) is 7.11 Å². The van der Waals surface area contributed by atoms with Gasteiger partial charge in [-0.2, -0.15) is 0 Å². The van der Waals surface area contributed by atoms with Crippen LogP contribution in [0.15, 0.2) is 0 Å². The summed E-state index contributed by atoms with van der Waals surface area (Å²) in [5, 5.41) is 0. The van der Waals surface area contributed by atoms with E-state index in [9.17, 15) is 4.80 Å². The van der Waals surface area contributed by atoms with Crippen molar-refractivity contribution < 1.29 is 9.22 Å². The molecule has 0 bridgehead atoms. The molecule has 0 heterocycles. The van der Waals surface area contributed by atoms with Crippen LogP contribution >= 0.6 is 0 Å². The molecule has 0 aromatic rings. The highest BCUT2D eigenvalue weighted by atomic mass is 28.4. The van der Waals surface area contributed by atoms with Gasteiger partial charge < -0.3 is 9.22 Å². The van der Waals surface area contributed by atoms with Crippen molar-refractivity contribution in [2.45, 2.75) is 25.9 Å². The molecule has 1 N–H and O–H groups in total. The first-order valence-corrected chi connectivity index (χ1v) is 5.46. The Labute approximate surface area is 51.7 Å². The predicted octanol–water partition coefficient (Wildman–Crippen LogP) is 1.11. The minimum absolute atomic E-state index is 0.837. The molecule has 0 aliphatic heterocycles. The molecule has 0 radical (unpaired) electrons. The van der Waals surface area contributed by atoms with Crippen molar-refractivity contribution in [1.29, 1.82) is 0 Å². The summed E-state index contributed by atoms with van der Waals surface area (Å²) in [6.45, 7) is 3.84. The molecule has 0 aliphatic rings. The normalized spacial score (nSPS) is 18.0. The second-order valence-corrected chi connectivity index (χ2v) is 5.39. The van der Waals surface area contributed by atoms with E-state index in [1.807, 2.05) is 6.92 Å². The van der Waals surface area contributed by atoms with Gasteiger partial charge in [-0.15, -0.1) is 0 Å². The Morgan fingerprint density at radius 2 is 2.12 bits per heavy atom. The molecule has 0 aliphatic carbocycles. The number of hydrogen-bond acceptors (Lipinski definition) is 2. The second kappa shape index (κ2) is 3.22. The Morgan fingerprint density at radius 1 is 1.62 bits per heavy atom. The Hall–Kier alpha value is 0.137. The minimum Gasteiger partial charge on any atom is -0.411 e. The molecular formula is C5H14O2Si. The molecule has 0 spiro atoms. The van der Waals surface area contributed by atoms with E-state index in [1.54, 1.807) is 13.7 Å². The lowest BCUT2D eigenvalue weighted by Crippen LogP contribution is -2.32. The summed E-state index contributed by atoms with van der Waals surface area (Å²) in [5.74, 6) is 0. The van der Waals surface area contributed by atoms with Crippen LogP contribution in [-0.4, -0.2) is 20.5 Å². The van der Waals surface area contributed by atoms with Gasteiger partial charge >= 0.3 is 8.56 Å². The molecule has 1 unspecified atom stereocenters. The van der Waals surface area contributed by atoms with Crippen LogP contribution < -0.4 is 0 Å². The van der Waals surface area contributed by atoms with Gasteiger partial charge in [0.05, 0.1) is 0 Å². The average Bonchev–Trinajstić information content (AvgIpc) is 1.67. The molecule has 0 saturated carbocycles. The van der Waals surface area contributed by atoms with Gasteiger partial charge in [0.2, 0.25) is 0 Å². The topological polar surface area (TPSA) is 29.5 Å². The molecule has 0 saturated heterocycles. The zero-order valence-corrected chi connectivity index (χ0v) is 6.77. The van der Waals surface area contributed by atoms with Crippen molar-refractivity contribution in [3.05, 3.63) is 0 Å².